The number of hydrogen-bond donors (Lipinski definition) is 1. The highest BCUT2D eigenvalue weighted by atomic mass is 16.5. The van der Waals surface area contributed by atoms with Gasteiger partial charge in [-0.1, -0.05) is 34.1 Å². The van der Waals surface area contributed by atoms with Crippen LogP contribution in [-0.4, -0.2) is 24.8 Å². The van der Waals surface area contributed by atoms with E-state index in [1.54, 1.807) is 0 Å². The zero-order valence-corrected chi connectivity index (χ0v) is 10.1. The minimum atomic E-state index is 0.104. The molecule has 0 amide bonds. The minimum Gasteiger partial charge on any atom is -0.369 e. The van der Waals surface area contributed by atoms with Crippen molar-refractivity contribution >= 4 is 0 Å². The first-order valence-corrected chi connectivity index (χ1v) is 6.06. The van der Waals surface area contributed by atoms with Crippen LogP contribution in [-0.2, 0) is 4.74 Å². The zero-order valence-electron chi connectivity index (χ0n) is 10.1. The minimum absolute atomic E-state index is 0.104. The van der Waals surface area contributed by atoms with Crippen LogP contribution in [0.4, 0.5) is 0 Å². The van der Waals surface area contributed by atoms with E-state index in [0.717, 1.165) is 25.9 Å². The molecule has 2 unspecified atom stereocenters. The van der Waals surface area contributed by atoms with Crippen LogP contribution < -0.4 is 5.32 Å². The van der Waals surface area contributed by atoms with E-state index >= 15 is 0 Å². The number of hydrogen-bond acceptors (Lipinski definition) is 2. The summed E-state index contributed by atoms with van der Waals surface area (Å²) in [6, 6.07) is 0. The van der Waals surface area contributed by atoms with Crippen LogP contribution >= 0.6 is 0 Å². The summed E-state index contributed by atoms with van der Waals surface area (Å²) in [5.74, 6) is 0.667. The van der Waals surface area contributed by atoms with E-state index in [1.165, 1.54) is 6.42 Å². The van der Waals surface area contributed by atoms with Gasteiger partial charge in [0.1, 0.15) is 0 Å². The number of rotatable bonds is 4. The normalized spacial score (nSPS) is 28.7. The van der Waals surface area contributed by atoms with Crippen LogP contribution in [0.5, 0.6) is 0 Å². The van der Waals surface area contributed by atoms with E-state index < -0.39 is 0 Å². The third-order valence-corrected chi connectivity index (χ3v) is 3.76. The summed E-state index contributed by atoms with van der Waals surface area (Å²) in [5.41, 5.74) is 0.104. The largest absolute Gasteiger partial charge is 0.369 e. The molecular formula is C12H25NO. The van der Waals surface area contributed by atoms with Crippen molar-refractivity contribution < 1.29 is 4.74 Å². The molecule has 1 saturated heterocycles. The molecule has 0 saturated carbocycles. The molecule has 1 heterocycles. The van der Waals surface area contributed by atoms with Crippen LogP contribution in [0.2, 0.25) is 0 Å². The quantitative estimate of drug-likeness (QED) is 0.751. The Bertz CT molecular complexity index is 166. The molecule has 14 heavy (non-hydrogen) atoms. The standard InChI is InChI=1S/C12H25NO/c1-5-10(4)11-8-13-9-12(6-2,7-3)14-11/h10-11,13H,5-9H2,1-4H3. The van der Waals surface area contributed by atoms with Gasteiger partial charge in [-0.2, -0.15) is 0 Å². The highest BCUT2D eigenvalue weighted by molar-refractivity contribution is 4.88. The van der Waals surface area contributed by atoms with Crippen molar-refractivity contribution in [3.63, 3.8) is 0 Å². The first kappa shape index (κ1) is 12.0. The molecule has 0 aliphatic carbocycles. The summed E-state index contributed by atoms with van der Waals surface area (Å²) in [5, 5.41) is 3.52. The second kappa shape index (κ2) is 5.13. The maximum atomic E-state index is 6.26. The molecule has 1 fully saturated rings. The second-order valence-electron chi connectivity index (χ2n) is 4.56. The van der Waals surface area contributed by atoms with Gasteiger partial charge in [-0.05, 0) is 18.8 Å². The lowest BCUT2D eigenvalue weighted by atomic mass is 9.92. The lowest BCUT2D eigenvalue weighted by Gasteiger charge is -2.42. The van der Waals surface area contributed by atoms with E-state index in [2.05, 4.69) is 33.0 Å². The van der Waals surface area contributed by atoms with Gasteiger partial charge in [0.15, 0.2) is 0 Å². The SMILES string of the molecule is CCC(C)C1CNCC(CC)(CC)O1. The van der Waals surface area contributed by atoms with E-state index in [0.29, 0.717) is 12.0 Å². The molecule has 0 aromatic carbocycles. The van der Waals surface area contributed by atoms with E-state index in [4.69, 9.17) is 4.74 Å². The molecule has 84 valence electrons. The van der Waals surface area contributed by atoms with Gasteiger partial charge in [0, 0.05) is 13.1 Å². The molecule has 0 bridgehead atoms. The molecular weight excluding hydrogens is 174 g/mol. The Hall–Kier alpha value is -0.0800. The summed E-state index contributed by atoms with van der Waals surface area (Å²) in [4.78, 5) is 0. The predicted molar refractivity (Wildman–Crippen MR) is 60.5 cm³/mol. The van der Waals surface area contributed by atoms with Crippen LogP contribution in [0.3, 0.4) is 0 Å². The van der Waals surface area contributed by atoms with E-state index in [1.807, 2.05) is 0 Å². The van der Waals surface area contributed by atoms with Crippen molar-refractivity contribution in [2.24, 2.45) is 5.92 Å². The van der Waals surface area contributed by atoms with Gasteiger partial charge in [0.05, 0.1) is 11.7 Å². The van der Waals surface area contributed by atoms with Gasteiger partial charge < -0.3 is 10.1 Å². The van der Waals surface area contributed by atoms with Crippen LogP contribution in [0.1, 0.15) is 47.0 Å². The van der Waals surface area contributed by atoms with Gasteiger partial charge in [-0.25, -0.2) is 0 Å². The summed E-state index contributed by atoms with van der Waals surface area (Å²) in [7, 11) is 0. The number of morpholine rings is 1. The fraction of sp³-hybridized carbons (Fsp3) is 1.00. The first-order valence-electron chi connectivity index (χ1n) is 6.06. The molecule has 2 atom stereocenters. The lowest BCUT2D eigenvalue weighted by Crippen LogP contribution is -2.54. The maximum absolute atomic E-state index is 6.26. The fourth-order valence-corrected chi connectivity index (χ4v) is 2.09. The van der Waals surface area contributed by atoms with Crippen molar-refractivity contribution in [2.45, 2.75) is 58.7 Å². The molecule has 2 heteroatoms. The molecule has 0 aromatic rings. The highest BCUT2D eigenvalue weighted by Gasteiger charge is 2.35. The first-order chi connectivity index (χ1) is 6.67. The smallest absolute Gasteiger partial charge is 0.0805 e. The summed E-state index contributed by atoms with van der Waals surface area (Å²) >= 11 is 0. The molecule has 0 spiro atoms. The Kier molecular flexibility index (Phi) is 4.39. The van der Waals surface area contributed by atoms with Crippen LogP contribution in [0.25, 0.3) is 0 Å². The topological polar surface area (TPSA) is 21.3 Å². The summed E-state index contributed by atoms with van der Waals surface area (Å²) in [6.07, 6.45) is 3.84. The van der Waals surface area contributed by atoms with Crippen molar-refractivity contribution in [3.05, 3.63) is 0 Å². The Morgan fingerprint density at radius 1 is 1.36 bits per heavy atom. The van der Waals surface area contributed by atoms with Crippen molar-refractivity contribution in [3.8, 4) is 0 Å². The monoisotopic (exact) mass is 199 g/mol. The van der Waals surface area contributed by atoms with E-state index in [-0.39, 0.29) is 5.60 Å². The molecule has 1 aliphatic heterocycles. The Morgan fingerprint density at radius 3 is 2.50 bits per heavy atom. The average Bonchev–Trinajstić information content (AvgIpc) is 2.28. The average molecular weight is 199 g/mol. The number of ether oxygens (including phenoxy) is 1. The third kappa shape index (κ3) is 2.48. The second-order valence-corrected chi connectivity index (χ2v) is 4.56. The molecule has 1 N–H and O–H groups in total. The van der Waals surface area contributed by atoms with Gasteiger partial charge in [-0.15, -0.1) is 0 Å². The number of nitrogens with one attached hydrogen (secondary N) is 1. The summed E-state index contributed by atoms with van der Waals surface area (Å²) in [6.45, 7) is 11.0. The summed E-state index contributed by atoms with van der Waals surface area (Å²) < 4.78 is 6.26. The van der Waals surface area contributed by atoms with Gasteiger partial charge >= 0.3 is 0 Å². The Morgan fingerprint density at radius 2 is 2.00 bits per heavy atom. The van der Waals surface area contributed by atoms with Gasteiger partial charge in [0.25, 0.3) is 0 Å². The Labute approximate surface area is 88.4 Å². The molecule has 1 aliphatic rings. The van der Waals surface area contributed by atoms with Crippen LogP contribution in [0.15, 0.2) is 0 Å². The van der Waals surface area contributed by atoms with Gasteiger partial charge in [-0.3, -0.25) is 0 Å². The fourth-order valence-electron chi connectivity index (χ4n) is 2.09. The van der Waals surface area contributed by atoms with Crippen molar-refractivity contribution in [2.75, 3.05) is 13.1 Å². The predicted octanol–water partition coefficient (Wildman–Crippen LogP) is 2.58. The zero-order chi connectivity index (χ0) is 10.6. The molecule has 0 radical (unpaired) electrons. The molecule has 2 nitrogen and oxygen atoms in total. The maximum Gasteiger partial charge on any atom is 0.0805 e. The Balaban J connectivity index is 2.58. The van der Waals surface area contributed by atoms with Crippen molar-refractivity contribution in [1.29, 1.82) is 0 Å². The van der Waals surface area contributed by atoms with Gasteiger partial charge in [0.2, 0.25) is 0 Å². The highest BCUT2D eigenvalue weighted by Crippen LogP contribution is 2.27. The molecule has 1 rings (SSSR count). The lowest BCUT2D eigenvalue weighted by molar-refractivity contribution is -0.137. The van der Waals surface area contributed by atoms with Crippen LogP contribution in [0, 0.1) is 5.92 Å². The molecule has 0 aromatic heterocycles. The third-order valence-electron chi connectivity index (χ3n) is 3.76. The van der Waals surface area contributed by atoms with E-state index in [9.17, 15) is 0 Å². The van der Waals surface area contributed by atoms with Crippen molar-refractivity contribution in [1.82, 2.24) is 5.32 Å².